The zero-order valence-corrected chi connectivity index (χ0v) is 25.3. The molecule has 239 valence electrons. The van der Waals surface area contributed by atoms with Crippen molar-refractivity contribution in [3.8, 4) is 0 Å². The van der Waals surface area contributed by atoms with Crippen molar-refractivity contribution < 1.29 is 94.9 Å². The van der Waals surface area contributed by atoms with Crippen LogP contribution in [0, 0.1) is 90.6 Å². The number of hydrogen-bond acceptors (Lipinski definition) is 4. The van der Waals surface area contributed by atoms with Crippen LogP contribution in [0.3, 0.4) is 0 Å². The first kappa shape index (κ1) is 36.0. The van der Waals surface area contributed by atoms with E-state index in [9.17, 15) is 52.7 Å². The Morgan fingerprint density at radius 1 is 0.477 bits per heavy atom. The maximum atomic E-state index is 14.5. The molecule has 17 heteroatoms. The first-order valence-corrected chi connectivity index (χ1v) is 13.1. The maximum absolute atomic E-state index is 14.5. The molecule has 0 amide bonds. The van der Waals surface area contributed by atoms with Crippen LogP contribution in [-0.4, -0.2) is 12.1 Å². The van der Waals surface area contributed by atoms with Crippen molar-refractivity contribution in [2.45, 2.75) is 59.6 Å². The molecule has 4 nitrogen and oxygen atoms in total. The Kier molecular flexibility index (Phi) is 11.4. The average Bonchev–Trinajstić information content (AvgIpc) is 3.01. The van der Waals surface area contributed by atoms with Crippen LogP contribution in [0.1, 0.15) is 40.3 Å². The molecule has 3 aromatic carbocycles. The molecule has 0 N–H and O–H groups in total. The molecule has 3 rings (SSSR count). The zero-order chi connectivity index (χ0) is 33.4. The van der Waals surface area contributed by atoms with E-state index >= 15 is 0 Å². The van der Waals surface area contributed by atoms with E-state index < -0.39 is 135 Å². The molecule has 1 atom stereocenters. The zero-order valence-electron chi connectivity index (χ0n) is 22.9. The third kappa shape index (κ3) is 6.44. The first-order chi connectivity index (χ1) is 20.4. The molecule has 0 saturated carbocycles. The summed E-state index contributed by atoms with van der Waals surface area (Å²) in [6.07, 6.45) is -1.94. The predicted octanol–water partition coefficient (Wildman–Crippen LogP) is 7.75. The summed E-state index contributed by atoms with van der Waals surface area (Å²) in [5, 5.41) is 0. The van der Waals surface area contributed by atoms with Gasteiger partial charge < -0.3 is 0 Å². The Bertz CT molecular complexity index is 1440. The van der Waals surface area contributed by atoms with Crippen molar-refractivity contribution in [1.82, 2.24) is 0 Å². The van der Waals surface area contributed by atoms with Crippen LogP contribution in [0.4, 0.5) is 52.7 Å². The van der Waals surface area contributed by atoms with E-state index in [1.54, 1.807) is 0 Å². The van der Waals surface area contributed by atoms with E-state index in [0.29, 0.717) is 0 Å². The molecule has 0 heterocycles. The summed E-state index contributed by atoms with van der Waals surface area (Å²) in [5.74, 6) is -25.2. The summed E-state index contributed by atoms with van der Waals surface area (Å²) in [6, 6.07) is 0. The molecule has 0 aliphatic carbocycles. The SMILES string of the molecule is Cc1c(F)c(F)c(COC(C)C([O][Zr])(OCc2c(F)c(F)c(C)c(F)c2F)OCc2c(F)c(F)c(C)c(F)c2F)c(F)c1F. The van der Waals surface area contributed by atoms with Gasteiger partial charge in [-0.3, -0.25) is 0 Å². The van der Waals surface area contributed by atoms with Crippen LogP contribution in [0.15, 0.2) is 0 Å². The fourth-order valence-corrected chi connectivity index (χ4v) is 4.51. The van der Waals surface area contributed by atoms with Gasteiger partial charge in [0.05, 0.1) is 0 Å². The number of halogens is 12. The van der Waals surface area contributed by atoms with Crippen molar-refractivity contribution in [2.75, 3.05) is 0 Å². The molecule has 3 aromatic rings. The van der Waals surface area contributed by atoms with Crippen molar-refractivity contribution in [3.63, 3.8) is 0 Å². The van der Waals surface area contributed by atoms with Crippen molar-refractivity contribution in [1.29, 1.82) is 0 Å². The fourth-order valence-electron chi connectivity index (χ4n) is 3.82. The minimum atomic E-state index is -2.97. The molecule has 44 heavy (non-hydrogen) atoms. The summed E-state index contributed by atoms with van der Waals surface area (Å²) in [7, 11) is 0. The molecule has 0 fully saturated rings. The van der Waals surface area contributed by atoms with Crippen LogP contribution >= 0.6 is 0 Å². The van der Waals surface area contributed by atoms with Gasteiger partial charge in [-0.1, -0.05) is 0 Å². The molecular formula is C27H19F12O4Zr. The van der Waals surface area contributed by atoms with E-state index in [1.807, 2.05) is 0 Å². The second-order valence-electron chi connectivity index (χ2n) is 9.31. The number of rotatable bonds is 11. The van der Waals surface area contributed by atoms with E-state index in [2.05, 4.69) is 0 Å². The van der Waals surface area contributed by atoms with Crippen molar-refractivity contribution >= 4 is 0 Å². The van der Waals surface area contributed by atoms with Gasteiger partial charge in [0, 0.05) is 0 Å². The molecule has 1 unspecified atom stereocenters. The van der Waals surface area contributed by atoms with E-state index in [4.69, 9.17) is 17.0 Å². The van der Waals surface area contributed by atoms with Gasteiger partial charge in [0.2, 0.25) is 0 Å². The third-order valence-corrected chi connectivity index (χ3v) is 7.37. The van der Waals surface area contributed by atoms with Crippen molar-refractivity contribution in [2.24, 2.45) is 0 Å². The Labute approximate surface area is 257 Å². The number of ether oxygens (including phenoxy) is 3. The van der Waals surface area contributed by atoms with Crippen molar-refractivity contribution in [3.05, 3.63) is 103 Å². The van der Waals surface area contributed by atoms with Crippen LogP contribution < -0.4 is 0 Å². The number of benzene rings is 3. The second kappa shape index (κ2) is 13.9. The Balaban J connectivity index is 2.05. The number of hydrogen-bond donors (Lipinski definition) is 0. The first-order valence-electron chi connectivity index (χ1n) is 12.1. The Morgan fingerprint density at radius 3 is 0.977 bits per heavy atom. The molecule has 0 aliphatic rings. The summed E-state index contributed by atoms with van der Waals surface area (Å²) in [5.41, 5.74) is -7.13. The molecule has 0 saturated heterocycles. The fraction of sp³-hybridized carbons (Fsp3) is 0.333. The van der Waals surface area contributed by atoms with Gasteiger partial charge in [0.15, 0.2) is 0 Å². The summed E-state index contributed by atoms with van der Waals surface area (Å²) in [6.45, 7) is -1.14. The van der Waals surface area contributed by atoms with Crippen LogP contribution in [0.2, 0.25) is 0 Å². The standard InChI is InChI=1S/C27H19F12O4.Zr/c1-8-15(28)21(34)12(22(35)16(8)29)5-41-11(4)27(40,42-6-13-23(36)17(30)9(2)18(31)24(13)37)43-7-14-25(38)19(32)10(3)20(33)26(14)39;/h11H,5-7H2,1-4H3;/q-1;+1. The van der Waals surface area contributed by atoms with E-state index in [1.165, 1.54) is 0 Å². The molecular weight excluding hydrogens is 707 g/mol. The second-order valence-corrected chi connectivity index (χ2v) is 9.82. The average molecular weight is 727 g/mol. The van der Waals surface area contributed by atoms with Crippen LogP contribution in [0.5, 0.6) is 0 Å². The summed E-state index contributed by atoms with van der Waals surface area (Å²) in [4.78, 5) is 0. The van der Waals surface area contributed by atoms with E-state index in [-0.39, 0.29) is 25.2 Å². The quantitative estimate of drug-likeness (QED) is 0.115. The Hall–Kier alpha value is -2.46. The molecule has 0 radical (unpaired) electrons. The molecule has 0 bridgehead atoms. The monoisotopic (exact) mass is 725 g/mol. The van der Waals surface area contributed by atoms with Gasteiger partial charge in [-0.05, 0) is 0 Å². The minimum absolute atomic E-state index is 0.0830. The predicted molar refractivity (Wildman–Crippen MR) is 121 cm³/mol. The Morgan fingerprint density at radius 2 is 0.727 bits per heavy atom. The van der Waals surface area contributed by atoms with E-state index in [0.717, 1.165) is 27.7 Å². The summed E-state index contributed by atoms with van der Waals surface area (Å²) < 4.78 is 192. The van der Waals surface area contributed by atoms with Gasteiger partial charge in [0.25, 0.3) is 0 Å². The third-order valence-electron chi connectivity index (χ3n) is 6.67. The summed E-state index contributed by atoms with van der Waals surface area (Å²) >= 11 is -0.0830. The van der Waals surface area contributed by atoms with Gasteiger partial charge in [-0.15, -0.1) is 0 Å². The van der Waals surface area contributed by atoms with Gasteiger partial charge >= 0.3 is 258 Å². The topological polar surface area (TPSA) is 36.9 Å². The molecule has 0 aliphatic heterocycles. The molecule has 0 spiro atoms. The van der Waals surface area contributed by atoms with Crippen LogP contribution in [0.25, 0.3) is 0 Å². The van der Waals surface area contributed by atoms with Crippen LogP contribution in [-0.2, 0) is 62.0 Å². The van der Waals surface area contributed by atoms with Gasteiger partial charge in [0.1, 0.15) is 0 Å². The normalized spacial score (nSPS) is 12.7. The van der Waals surface area contributed by atoms with Gasteiger partial charge in [-0.25, -0.2) is 0 Å². The molecule has 0 aromatic heterocycles. The van der Waals surface area contributed by atoms with Gasteiger partial charge in [-0.2, -0.15) is 0 Å².